The number of amides is 1. The molecule has 4 aromatic carbocycles. The van der Waals surface area contributed by atoms with Gasteiger partial charge in [0.15, 0.2) is 0 Å². The first-order chi connectivity index (χ1) is 17.7. The summed E-state index contributed by atoms with van der Waals surface area (Å²) in [4.78, 5) is 15.7. The van der Waals surface area contributed by atoms with E-state index in [-0.39, 0.29) is 17.3 Å². The summed E-state index contributed by atoms with van der Waals surface area (Å²) in [5, 5.41) is 0. The van der Waals surface area contributed by atoms with Crippen molar-refractivity contribution in [2.45, 2.75) is 38.8 Å². The van der Waals surface area contributed by atoms with Gasteiger partial charge in [0.25, 0.3) is 10.0 Å². The summed E-state index contributed by atoms with van der Waals surface area (Å²) in [6, 6.07) is 31.8. The maximum absolute atomic E-state index is 13.9. The standard InChI is InChI=1S/C31H32N2O3S/c1-24-14-17-29(18-15-24)37(35,36)33(30-19-16-25(2)20-26(30)3)23-31(34)32(21-27-10-6-4-7-11-27)22-28-12-8-5-9-13-28/h4-20H,21-23H2,1-3H3. The number of benzene rings is 4. The molecule has 37 heavy (non-hydrogen) atoms. The molecule has 1 amide bonds. The summed E-state index contributed by atoms with van der Waals surface area (Å²) < 4.78 is 29.1. The van der Waals surface area contributed by atoms with Crippen molar-refractivity contribution in [2.75, 3.05) is 10.8 Å². The maximum Gasteiger partial charge on any atom is 0.264 e. The Morgan fingerprint density at radius 2 is 1.19 bits per heavy atom. The molecule has 0 aromatic heterocycles. The van der Waals surface area contributed by atoms with Gasteiger partial charge in [0, 0.05) is 13.1 Å². The molecule has 0 saturated carbocycles. The van der Waals surface area contributed by atoms with Crippen molar-refractivity contribution in [2.24, 2.45) is 0 Å². The van der Waals surface area contributed by atoms with Crippen LogP contribution in [0.4, 0.5) is 5.69 Å². The van der Waals surface area contributed by atoms with Gasteiger partial charge in [-0.3, -0.25) is 9.10 Å². The second kappa shape index (κ2) is 11.4. The lowest BCUT2D eigenvalue weighted by molar-refractivity contribution is -0.130. The Kier molecular flexibility index (Phi) is 8.09. The van der Waals surface area contributed by atoms with Gasteiger partial charge in [-0.15, -0.1) is 0 Å². The van der Waals surface area contributed by atoms with Gasteiger partial charge in [-0.2, -0.15) is 0 Å². The Balaban J connectivity index is 1.72. The highest BCUT2D eigenvalue weighted by Gasteiger charge is 2.30. The van der Waals surface area contributed by atoms with Crippen molar-refractivity contribution >= 4 is 21.6 Å². The molecule has 0 saturated heterocycles. The van der Waals surface area contributed by atoms with E-state index in [0.29, 0.717) is 18.8 Å². The topological polar surface area (TPSA) is 57.7 Å². The van der Waals surface area contributed by atoms with Crippen molar-refractivity contribution in [1.82, 2.24) is 4.90 Å². The first-order valence-corrected chi connectivity index (χ1v) is 13.7. The molecule has 0 atom stereocenters. The fourth-order valence-corrected chi connectivity index (χ4v) is 5.76. The van der Waals surface area contributed by atoms with E-state index in [9.17, 15) is 13.2 Å². The van der Waals surface area contributed by atoms with E-state index in [1.54, 1.807) is 35.2 Å². The minimum atomic E-state index is -3.99. The number of anilines is 1. The molecule has 0 spiro atoms. The summed E-state index contributed by atoms with van der Waals surface area (Å²) >= 11 is 0. The summed E-state index contributed by atoms with van der Waals surface area (Å²) in [5.41, 5.74) is 5.23. The van der Waals surface area contributed by atoms with Crippen LogP contribution in [0, 0.1) is 20.8 Å². The summed E-state index contributed by atoms with van der Waals surface area (Å²) in [6.07, 6.45) is 0. The molecule has 0 bridgehead atoms. The van der Waals surface area contributed by atoms with E-state index >= 15 is 0 Å². The van der Waals surface area contributed by atoms with Crippen molar-refractivity contribution in [1.29, 1.82) is 0 Å². The molecule has 4 rings (SSSR count). The van der Waals surface area contributed by atoms with Gasteiger partial charge in [-0.1, -0.05) is 96.1 Å². The fourth-order valence-electron chi connectivity index (χ4n) is 4.29. The van der Waals surface area contributed by atoms with E-state index in [1.807, 2.05) is 93.6 Å². The molecule has 0 unspecified atom stereocenters. The van der Waals surface area contributed by atoms with Crippen LogP contribution in [0.15, 0.2) is 108 Å². The molecule has 5 nitrogen and oxygen atoms in total. The highest BCUT2D eigenvalue weighted by molar-refractivity contribution is 7.92. The van der Waals surface area contributed by atoms with Crippen molar-refractivity contribution in [3.63, 3.8) is 0 Å². The fraction of sp³-hybridized carbons (Fsp3) is 0.194. The van der Waals surface area contributed by atoms with E-state index in [1.165, 1.54) is 4.31 Å². The molecule has 0 aliphatic heterocycles. The average Bonchev–Trinajstić information content (AvgIpc) is 2.88. The second-order valence-corrected chi connectivity index (χ2v) is 11.2. The zero-order valence-electron chi connectivity index (χ0n) is 21.5. The van der Waals surface area contributed by atoms with Gasteiger partial charge < -0.3 is 4.90 Å². The maximum atomic E-state index is 13.9. The van der Waals surface area contributed by atoms with Gasteiger partial charge >= 0.3 is 0 Å². The average molecular weight is 513 g/mol. The number of carbonyl (C=O) groups is 1. The Bertz CT molecular complexity index is 1410. The summed E-state index contributed by atoms with van der Waals surface area (Å²) in [5.74, 6) is -0.275. The Morgan fingerprint density at radius 1 is 0.676 bits per heavy atom. The van der Waals surface area contributed by atoms with Crippen LogP contribution in [-0.4, -0.2) is 25.8 Å². The number of hydrogen-bond donors (Lipinski definition) is 0. The lowest BCUT2D eigenvalue weighted by atomic mass is 10.1. The van der Waals surface area contributed by atoms with Crippen LogP contribution in [0.25, 0.3) is 0 Å². The quantitative estimate of drug-likeness (QED) is 0.275. The molecule has 4 aromatic rings. The van der Waals surface area contributed by atoms with E-state index in [4.69, 9.17) is 0 Å². The molecule has 0 aliphatic carbocycles. The second-order valence-electron chi connectivity index (χ2n) is 9.34. The van der Waals surface area contributed by atoms with Gasteiger partial charge in [0.1, 0.15) is 6.54 Å². The van der Waals surface area contributed by atoms with Crippen LogP contribution in [0.3, 0.4) is 0 Å². The predicted molar refractivity (Wildman–Crippen MR) is 149 cm³/mol. The third-order valence-electron chi connectivity index (χ3n) is 6.29. The lowest BCUT2D eigenvalue weighted by Crippen LogP contribution is -2.43. The molecular formula is C31H32N2O3S. The van der Waals surface area contributed by atoms with E-state index in [2.05, 4.69) is 0 Å². The normalized spacial score (nSPS) is 11.2. The third kappa shape index (κ3) is 6.46. The molecule has 0 radical (unpaired) electrons. The number of sulfonamides is 1. The number of rotatable bonds is 9. The Hall–Kier alpha value is -3.90. The zero-order valence-corrected chi connectivity index (χ0v) is 22.3. The van der Waals surface area contributed by atoms with Crippen molar-refractivity contribution in [3.05, 3.63) is 131 Å². The zero-order chi connectivity index (χ0) is 26.4. The highest BCUT2D eigenvalue weighted by Crippen LogP contribution is 2.28. The highest BCUT2D eigenvalue weighted by atomic mass is 32.2. The molecular weight excluding hydrogens is 480 g/mol. The summed E-state index contributed by atoms with van der Waals surface area (Å²) in [7, 11) is -3.99. The molecule has 0 heterocycles. The number of carbonyl (C=O) groups excluding carboxylic acids is 1. The van der Waals surface area contributed by atoms with Crippen LogP contribution in [0.2, 0.25) is 0 Å². The van der Waals surface area contributed by atoms with Gasteiger partial charge in [0.2, 0.25) is 5.91 Å². The first kappa shape index (κ1) is 26.2. The van der Waals surface area contributed by atoms with Crippen LogP contribution in [0.1, 0.15) is 27.8 Å². The minimum absolute atomic E-state index is 0.156. The van der Waals surface area contributed by atoms with Crippen LogP contribution in [-0.2, 0) is 27.9 Å². The van der Waals surface area contributed by atoms with Crippen LogP contribution >= 0.6 is 0 Å². The monoisotopic (exact) mass is 512 g/mol. The first-order valence-electron chi connectivity index (χ1n) is 12.3. The smallest absolute Gasteiger partial charge is 0.264 e. The molecule has 0 fully saturated rings. The molecule has 0 N–H and O–H groups in total. The van der Waals surface area contributed by atoms with Gasteiger partial charge in [-0.05, 0) is 55.7 Å². The van der Waals surface area contributed by atoms with Crippen molar-refractivity contribution < 1.29 is 13.2 Å². The number of nitrogens with zero attached hydrogens (tertiary/aromatic N) is 2. The summed E-state index contributed by atoms with van der Waals surface area (Å²) in [6.45, 7) is 6.19. The van der Waals surface area contributed by atoms with E-state index < -0.39 is 10.0 Å². The lowest BCUT2D eigenvalue weighted by Gasteiger charge is -2.30. The predicted octanol–water partition coefficient (Wildman–Crippen LogP) is 6.04. The van der Waals surface area contributed by atoms with Gasteiger partial charge in [0.05, 0.1) is 10.6 Å². The Labute approximate surface area is 220 Å². The van der Waals surface area contributed by atoms with E-state index in [0.717, 1.165) is 27.8 Å². The Morgan fingerprint density at radius 3 is 1.70 bits per heavy atom. The molecule has 190 valence electrons. The number of aryl methyl sites for hydroxylation is 3. The van der Waals surface area contributed by atoms with Crippen molar-refractivity contribution in [3.8, 4) is 0 Å². The largest absolute Gasteiger partial charge is 0.332 e. The number of hydrogen-bond acceptors (Lipinski definition) is 3. The minimum Gasteiger partial charge on any atom is -0.332 e. The SMILES string of the molecule is Cc1ccc(S(=O)(=O)N(CC(=O)N(Cc2ccccc2)Cc2ccccc2)c2ccc(C)cc2C)cc1. The molecule has 0 aliphatic rings. The van der Waals surface area contributed by atoms with Crippen LogP contribution in [0.5, 0.6) is 0 Å². The third-order valence-corrected chi connectivity index (χ3v) is 8.07. The van der Waals surface area contributed by atoms with Crippen LogP contribution < -0.4 is 4.31 Å². The molecule has 6 heteroatoms. The van der Waals surface area contributed by atoms with Gasteiger partial charge in [-0.25, -0.2) is 8.42 Å².